The number of nitrogens with one attached hydrogen (secondary N) is 1. The van der Waals surface area contributed by atoms with Crippen molar-refractivity contribution in [2.45, 2.75) is 99.3 Å². The van der Waals surface area contributed by atoms with E-state index in [9.17, 15) is 30.0 Å². The van der Waals surface area contributed by atoms with Crippen molar-refractivity contribution < 1.29 is 63.2 Å². The van der Waals surface area contributed by atoms with Crippen LogP contribution in [0.15, 0.2) is 91.0 Å². The van der Waals surface area contributed by atoms with Gasteiger partial charge in [-0.3, -0.25) is 4.79 Å². The Balaban J connectivity index is 1.49. The molecule has 2 aliphatic rings. The number of carbonyl (C=O) groups is 2. The minimum absolute atomic E-state index is 0.0199. The number of thioether (sulfide) groups is 1. The molecule has 2 aliphatic heterocycles. The number of amides is 1. The smallest absolute Gasteiger partial charge is 0.348 e. The zero-order valence-electron chi connectivity index (χ0n) is 31.0. The maximum Gasteiger partial charge on any atom is 0.348 e. The van der Waals surface area contributed by atoms with E-state index in [0.717, 1.165) is 35.6 Å². The lowest BCUT2D eigenvalue weighted by atomic mass is 9.89. The second-order valence-corrected chi connectivity index (χ2v) is 14.7. The second kappa shape index (κ2) is 20.6. The lowest BCUT2D eigenvalue weighted by Gasteiger charge is -2.48. The van der Waals surface area contributed by atoms with Crippen LogP contribution in [-0.2, 0) is 62.6 Å². The Morgan fingerprint density at radius 2 is 1.35 bits per heavy atom. The summed E-state index contributed by atoms with van der Waals surface area (Å²) >= 11 is 0.933. The summed E-state index contributed by atoms with van der Waals surface area (Å²) in [7, 11) is 2.64. The first-order valence-corrected chi connectivity index (χ1v) is 19.0. The van der Waals surface area contributed by atoms with Crippen molar-refractivity contribution in [2.24, 2.45) is 0 Å². The van der Waals surface area contributed by atoms with Gasteiger partial charge in [0.15, 0.2) is 6.29 Å². The van der Waals surface area contributed by atoms with Crippen LogP contribution in [0.4, 0.5) is 0 Å². The van der Waals surface area contributed by atoms with Crippen molar-refractivity contribution in [2.75, 3.05) is 26.6 Å². The number of methoxy groups -OCH3 is 2. The van der Waals surface area contributed by atoms with Gasteiger partial charge in [-0.05, 0) is 16.7 Å². The third kappa shape index (κ3) is 11.1. The average Bonchev–Trinajstić information content (AvgIpc) is 3.21. The molecule has 3 aromatic rings. The van der Waals surface area contributed by atoms with E-state index in [-0.39, 0.29) is 32.0 Å². The van der Waals surface area contributed by atoms with Gasteiger partial charge >= 0.3 is 5.97 Å². The number of rotatable bonds is 18. The van der Waals surface area contributed by atoms with Crippen molar-refractivity contribution in [3.63, 3.8) is 0 Å². The van der Waals surface area contributed by atoms with E-state index >= 15 is 0 Å². The number of carbonyl (C=O) groups excluding carboxylic acids is 2. The van der Waals surface area contributed by atoms with Crippen LogP contribution in [0.1, 0.15) is 30.0 Å². The van der Waals surface area contributed by atoms with Gasteiger partial charge in [0.2, 0.25) is 10.8 Å². The molecule has 300 valence electrons. The molecule has 15 heteroatoms. The van der Waals surface area contributed by atoms with Gasteiger partial charge in [-0.2, -0.15) is 0 Å². The zero-order valence-corrected chi connectivity index (χ0v) is 31.9. The fraction of sp³-hybridized carbons (Fsp3) is 0.500. The Morgan fingerprint density at radius 1 is 0.836 bits per heavy atom. The Bertz CT molecular complexity index is 1610. The molecule has 2 saturated heterocycles. The topological polar surface area (TPSA) is 192 Å². The summed E-state index contributed by atoms with van der Waals surface area (Å²) in [6, 6.07) is 27.6. The SMILES string of the molecule is COC(=O)[C@@]1(SC[C@H]2O[C@H](OC)[C@H](OCc3ccccc3)[C@@H](OCc3ccccc3)[C@H]2OCc2ccccc2)C[C@H](O)[C@@H](NC(C)=O)[C@H]([C@H](O)[C@H](O)CO)O1. The first-order chi connectivity index (χ1) is 26.6. The molecule has 14 nitrogen and oxygen atoms in total. The molecule has 55 heavy (non-hydrogen) atoms. The van der Waals surface area contributed by atoms with Gasteiger partial charge in [0.25, 0.3) is 0 Å². The third-order valence-corrected chi connectivity index (χ3v) is 10.9. The maximum absolute atomic E-state index is 13.7. The van der Waals surface area contributed by atoms with Crippen molar-refractivity contribution in [1.29, 1.82) is 0 Å². The van der Waals surface area contributed by atoms with Crippen LogP contribution in [0.5, 0.6) is 0 Å². The molecule has 0 unspecified atom stereocenters. The summed E-state index contributed by atoms with van der Waals surface area (Å²) in [6.45, 7) is 0.963. The van der Waals surface area contributed by atoms with E-state index in [1.165, 1.54) is 14.0 Å². The number of hydrogen-bond donors (Lipinski definition) is 5. The molecule has 0 saturated carbocycles. The maximum atomic E-state index is 13.7. The molecule has 5 rings (SSSR count). The monoisotopic (exact) mass is 785 g/mol. The van der Waals surface area contributed by atoms with Crippen molar-refractivity contribution in [1.82, 2.24) is 5.32 Å². The number of hydrogen-bond acceptors (Lipinski definition) is 14. The summed E-state index contributed by atoms with van der Waals surface area (Å²) < 4.78 is 43.7. The predicted molar refractivity (Wildman–Crippen MR) is 200 cm³/mol. The van der Waals surface area contributed by atoms with E-state index in [1.807, 2.05) is 91.0 Å². The van der Waals surface area contributed by atoms with E-state index in [2.05, 4.69) is 5.32 Å². The van der Waals surface area contributed by atoms with Gasteiger partial charge in [-0.1, -0.05) is 91.0 Å². The average molecular weight is 786 g/mol. The summed E-state index contributed by atoms with van der Waals surface area (Å²) in [5.41, 5.74) is 2.72. The Labute approximate surface area is 325 Å². The van der Waals surface area contributed by atoms with Crippen molar-refractivity contribution in [3.05, 3.63) is 108 Å². The number of esters is 1. The predicted octanol–water partition coefficient (Wildman–Crippen LogP) is 2.09. The molecule has 5 N–H and O–H groups in total. The lowest BCUT2D eigenvalue weighted by Crippen LogP contribution is -2.67. The first-order valence-electron chi connectivity index (χ1n) is 18.1. The number of aliphatic hydroxyl groups is 4. The van der Waals surface area contributed by atoms with Crippen LogP contribution in [0.25, 0.3) is 0 Å². The van der Waals surface area contributed by atoms with Crippen LogP contribution in [0.2, 0.25) is 0 Å². The van der Waals surface area contributed by atoms with Gasteiger partial charge in [-0.25, -0.2) is 4.79 Å². The van der Waals surface area contributed by atoms with Gasteiger partial charge in [-0.15, -0.1) is 11.8 Å². The van der Waals surface area contributed by atoms with Gasteiger partial charge in [0.05, 0.1) is 51.8 Å². The number of aliphatic hydroxyl groups excluding tert-OH is 4. The molecule has 1 amide bonds. The molecule has 0 spiro atoms. The highest BCUT2D eigenvalue weighted by atomic mass is 32.2. The number of benzene rings is 3. The highest BCUT2D eigenvalue weighted by Gasteiger charge is 2.57. The van der Waals surface area contributed by atoms with Crippen LogP contribution in [0.3, 0.4) is 0 Å². The van der Waals surface area contributed by atoms with Gasteiger partial charge in [0.1, 0.15) is 36.6 Å². The fourth-order valence-corrected chi connectivity index (χ4v) is 8.08. The van der Waals surface area contributed by atoms with Crippen molar-refractivity contribution in [3.8, 4) is 0 Å². The van der Waals surface area contributed by atoms with Gasteiger partial charge < -0.3 is 58.9 Å². The largest absolute Gasteiger partial charge is 0.466 e. The molecule has 2 heterocycles. The first kappa shape index (κ1) is 42.7. The summed E-state index contributed by atoms with van der Waals surface area (Å²) in [6.07, 6.45) is -11.1. The molecule has 0 aliphatic carbocycles. The Morgan fingerprint density at radius 3 is 1.82 bits per heavy atom. The molecule has 3 aromatic carbocycles. The minimum Gasteiger partial charge on any atom is -0.466 e. The van der Waals surface area contributed by atoms with Crippen LogP contribution in [0, 0.1) is 0 Å². The Hall–Kier alpha value is -3.45. The van der Waals surface area contributed by atoms with E-state index < -0.39 is 84.6 Å². The molecule has 0 radical (unpaired) electrons. The van der Waals surface area contributed by atoms with Crippen LogP contribution < -0.4 is 5.32 Å². The second-order valence-electron chi connectivity index (χ2n) is 13.4. The minimum atomic E-state index is -1.97. The summed E-state index contributed by atoms with van der Waals surface area (Å²) in [5, 5.41) is 45.0. The van der Waals surface area contributed by atoms with Gasteiger partial charge in [0, 0.05) is 26.2 Å². The fourth-order valence-electron chi connectivity index (χ4n) is 6.71. The lowest BCUT2D eigenvalue weighted by molar-refractivity contribution is -0.313. The third-order valence-electron chi connectivity index (χ3n) is 9.52. The normalized spacial score (nSPS) is 29.2. The molecule has 0 aromatic heterocycles. The summed E-state index contributed by atoms with van der Waals surface area (Å²) in [5.74, 6) is -1.46. The molecular weight excluding hydrogens is 735 g/mol. The molecule has 11 atom stereocenters. The number of ether oxygens (including phenoxy) is 7. The standard InChI is InChI=1S/C40H51NO13S/c1-25(43)41-32-29(44)19-40(39(47)49-3,54-35(32)33(46)30(45)20-42)55-24-31-34(50-21-26-13-7-4-8-14-26)36(51-22-27-15-9-5-10-16-27)37(38(48-2)53-31)52-23-28-17-11-6-12-18-28/h4-18,29-38,42,44-46H,19-24H2,1-3H3,(H,41,43)/t29-,30+,31+,32+,33+,34-,35+,36-,37+,38-,40-/m0/s1. The summed E-state index contributed by atoms with van der Waals surface area (Å²) in [4.78, 5) is 23.8. The van der Waals surface area contributed by atoms with Crippen LogP contribution in [-0.4, -0.2) is 125 Å². The molecule has 2 fully saturated rings. The van der Waals surface area contributed by atoms with E-state index in [1.54, 1.807) is 0 Å². The zero-order chi connectivity index (χ0) is 39.4. The van der Waals surface area contributed by atoms with E-state index in [4.69, 9.17) is 33.2 Å². The Kier molecular flexibility index (Phi) is 16.0. The highest BCUT2D eigenvalue weighted by Crippen LogP contribution is 2.43. The molecular formula is C40H51NO13S. The molecule has 0 bridgehead atoms. The van der Waals surface area contributed by atoms with Crippen molar-refractivity contribution >= 4 is 23.6 Å². The highest BCUT2D eigenvalue weighted by molar-refractivity contribution is 8.01. The van der Waals surface area contributed by atoms with E-state index in [0.29, 0.717) is 0 Å². The van der Waals surface area contributed by atoms with Crippen LogP contribution >= 0.6 is 11.8 Å². The quantitative estimate of drug-likeness (QED) is 0.118.